The standard InChI is InChI=1S/C14H21N3O/c1-16-6-8-17(9-7-16)14(15)11-12-4-3-5-13(10-12)18-2/h3-5,10,15H,6-9,11H2,1-2H3. The van der Waals surface area contributed by atoms with Gasteiger partial charge in [-0.2, -0.15) is 0 Å². The molecular formula is C14H21N3O. The fraction of sp³-hybridized carbons (Fsp3) is 0.500. The van der Waals surface area contributed by atoms with E-state index in [2.05, 4.69) is 16.8 Å². The average molecular weight is 247 g/mol. The number of rotatable bonds is 3. The van der Waals surface area contributed by atoms with Crippen LogP contribution in [-0.2, 0) is 6.42 Å². The molecule has 0 spiro atoms. The van der Waals surface area contributed by atoms with E-state index in [4.69, 9.17) is 10.1 Å². The van der Waals surface area contributed by atoms with Gasteiger partial charge in [0.15, 0.2) is 0 Å². The van der Waals surface area contributed by atoms with E-state index in [9.17, 15) is 0 Å². The SMILES string of the molecule is COc1cccc(CC(=N)N2CCN(C)CC2)c1. The van der Waals surface area contributed by atoms with E-state index in [-0.39, 0.29) is 0 Å². The zero-order chi connectivity index (χ0) is 13.0. The van der Waals surface area contributed by atoms with Gasteiger partial charge in [0, 0.05) is 32.6 Å². The first-order chi connectivity index (χ1) is 8.69. The Balaban J connectivity index is 1.94. The molecule has 0 bridgehead atoms. The molecule has 2 rings (SSSR count). The zero-order valence-electron chi connectivity index (χ0n) is 11.1. The van der Waals surface area contributed by atoms with Crippen LogP contribution in [0.4, 0.5) is 0 Å². The molecule has 0 radical (unpaired) electrons. The number of hydrogen-bond acceptors (Lipinski definition) is 3. The number of benzene rings is 1. The van der Waals surface area contributed by atoms with Gasteiger partial charge in [0.2, 0.25) is 0 Å². The van der Waals surface area contributed by atoms with Crippen LogP contribution >= 0.6 is 0 Å². The average Bonchev–Trinajstić information content (AvgIpc) is 2.39. The van der Waals surface area contributed by atoms with Gasteiger partial charge in [0.1, 0.15) is 11.6 Å². The van der Waals surface area contributed by atoms with Gasteiger partial charge < -0.3 is 14.5 Å². The minimum atomic E-state index is 0.681. The van der Waals surface area contributed by atoms with Crippen molar-refractivity contribution in [1.82, 2.24) is 9.80 Å². The molecule has 0 amide bonds. The second-order valence-corrected chi connectivity index (χ2v) is 4.77. The Labute approximate surface area is 109 Å². The molecule has 0 aliphatic carbocycles. The highest BCUT2D eigenvalue weighted by molar-refractivity contribution is 5.81. The van der Waals surface area contributed by atoms with Gasteiger partial charge in [-0.15, -0.1) is 0 Å². The molecule has 4 heteroatoms. The number of likely N-dealkylation sites (N-methyl/N-ethyl adjacent to an activating group) is 1. The van der Waals surface area contributed by atoms with Crippen LogP contribution in [0.1, 0.15) is 5.56 Å². The molecule has 1 N–H and O–H groups in total. The van der Waals surface area contributed by atoms with E-state index in [0.29, 0.717) is 12.3 Å². The third kappa shape index (κ3) is 3.23. The molecule has 1 aliphatic heterocycles. The molecule has 1 heterocycles. The van der Waals surface area contributed by atoms with E-state index >= 15 is 0 Å². The van der Waals surface area contributed by atoms with Gasteiger partial charge in [0.25, 0.3) is 0 Å². The minimum absolute atomic E-state index is 0.681. The van der Waals surface area contributed by atoms with Crippen LogP contribution in [0.5, 0.6) is 5.75 Å². The predicted molar refractivity (Wildman–Crippen MR) is 73.5 cm³/mol. The highest BCUT2D eigenvalue weighted by Gasteiger charge is 2.16. The maximum atomic E-state index is 8.18. The number of ether oxygens (including phenoxy) is 1. The molecule has 0 atom stereocenters. The Bertz CT molecular complexity index is 411. The van der Waals surface area contributed by atoms with Crippen LogP contribution in [-0.4, -0.2) is 56.0 Å². The van der Waals surface area contributed by atoms with E-state index in [1.807, 2.05) is 24.3 Å². The van der Waals surface area contributed by atoms with Crippen LogP contribution in [0, 0.1) is 5.41 Å². The lowest BCUT2D eigenvalue weighted by molar-refractivity contribution is 0.213. The van der Waals surface area contributed by atoms with Crippen molar-refractivity contribution >= 4 is 5.84 Å². The smallest absolute Gasteiger partial charge is 0.119 e. The molecule has 4 nitrogen and oxygen atoms in total. The number of piperazine rings is 1. The summed E-state index contributed by atoms with van der Waals surface area (Å²) < 4.78 is 5.21. The Morgan fingerprint density at radius 2 is 2.00 bits per heavy atom. The van der Waals surface area contributed by atoms with Gasteiger partial charge in [0.05, 0.1) is 7.11 Å². The summed E-state index contributed by atoms with van der Waals surface area (Å²) in [5.41, 5.74) is 1.14. The first-order valence-corrected chi connectivity index (χ1v) is 6.33. The molecule has 1 fully saturated rings. The van der Waals surface area contributed by atoms with Gasteiger partial charge in [-0.1, -0.05) is 12.1 Å². The summed E-state index contributed by atoms with van der Waals surface area (Å²) in [6.07, 6.45) is 0.681. The Hall–Kier alpha value is -1.55. The first kappa shape index (κ1) is 12.9. The summed E-state index contributed by atoms with van der Waals surface area (Å²) in [6.45, 7) is 4.00. The maximum absolute atomic E-state index is 8.18. The monoisotopic (exact) mass is 247 g/mol. The summed E-state index contributed by atoms with van der Waals surface area (Å²) in [5.74, 6) is 1.56. The van der Waals surface area contributed by atoms with Crippen molar-refractivity contribution in [2.24, 2.45) is 0 Å². The lowest BCUT2D eigenvalue weighted by atomic mass is 10.1. The summed E-state index contributed by atoms with van der Waals surface area (Å²) >= 11 is 0. The van der Waals surface area contributed by atoms with Gasteiger partial charge in [-0.3, -0.25) is 5.41 Å². The van der Waals surface area contributed by atoms with E-state index in [1.54, 1.807) is 7.11 Å². The van der Waals surface area contributed by atoms with E-state index < -0.39 is 0 Å². The third-order valence-electron chi connectivity index (χ3n) is 3.39. The maximum Gasteiger partial charge on any atom is 0.119 e. The molecule has 0 aromatic heterocycles. The van der Waals surface area contributed by atoms with Crippen molar-refractivity contribution in [2.75, 3.05) is 40.3 Å². The lowest BCUT2D eigenvalue weighted by Gasteiger charge is -2.34. The Morgan fingerprint density at radius 1 is 1.28 bits per heavy atom. The van der Waals surface area contributed by atoms with Crippen molar-refractivity contribution in [2.45, 2.75) is 6.42 Å². The van der Waals surface area contributed by atoms with Crippen molar-refractivity contribution in [1.29, 1.82) is 5.41 Å². The van der Waals surface area contributed by atoms with Crippen molar-refractivity contribution < 1.29 is 4.74 Å². The van der Waals surface area contributed by atoms with Gasteiger partial charge >= 0.3 is 0 Å². The van der Waals surface area contributed by atoms with Crippen LogP contribution < -0.4 is 4.74 Å². The molecule has 98 valence electrons. The van der Waals surface area contributed by atoms with Crippen LogP contribution in [0.15, 0.2) is 24.3 Å². The van der Waals surface area contributed by atoms with E-state index in [1.165, 1.54) is 0 Å². The first-order valence-electron chi connectivity index (χ1n) is 6.33. The van der Waals surface area contributed by atoms with Crippen LogP contribution in [0.3, 0.4) is 0 Å². The highest BCUT2D eigenvalue weighted by Crippen LogP contribution is 2.14. The molecule has 1 saturated heterocycles. The molecule has 18 heavy (non-hydrogen) atoms. The molecule has 1 aromatic carbocycles. The fourth-order valence-electron chi connectivity index (χ4n) is 2.16. The van der Waals surface area contributed by atoms with Crippen LogP contribution in [0.2, 0.25) is 0 Å². The predicted octanol–water partition coefficient (Wildman–Crippen LogP) is 1.46. The fourth-order valence-corrected chi connectivity index (χ4v) is 2.16. The molecular weight excluding hydrogens is 226 g/mol. The summed E-state index contributed by atoms with van der Waals surface area (Å²) in [6, 6.07) is 7.96. The number of amidine groups is 1. The normalized spacial score (nSPS) is 16.7. The number of nitrogens with one attached hydrogen (secondary N) is 1. The second kappa shape index (κ2) is 5.87. The quantitative estimate of drug-likeness (QED) is 0.649. The summed E-state index contributed by atoms with van der Waals surface area (Å²) in [4.78, 5) is 4.47. The topological polar surface area (TPSA) is 39.6 Å². The van der Waals surface area contributed by atoms with Crippen molar-refractivity contribution in [3.05, 3.63) is 29.8 Å². The molecule has 0 saturated carbocycles. The highest BCUT2D eigenvalue weighted by atomic mass is 16.5. The van der Waals surface area contributed by atoms with Gasteiger partial charge in [-0.05, 0) is 24.7 Å². The zero-order valence-corrected chi connectivity index (χ0v) is 11.1. The summed E-state index contributed by atoms with van der Waals surface area (Å²) in [5, 5.41) is 8.18. The second-order valence-electron chi connectivity index (χ2n) is 4.77. The molecule has 0 unspecified atom stereocenters. The van der Waals surface area contributed by atoms with Crippen molar-refractivity contribution in [3.63, 3.8) is 0 Å². The van der Waals surface area contributed by atoms with E-state index in [0.717, 1.165) is 37.5 Å². The number of hydrogen-bond donors (Lipinski definition) is 1. The largest absolute Gasteiger partial charge is 0.497 e. The number of nitrogens with zero attached hydrogens (tertiary/aromatic N) is 2. The summed E-state index contributed by atoms with van der Waals surface area (Å²) in [7, 11) is 3.80. The van der Waals surface area contributed by atoms with Gasteiger partial charge in [-0.25, -0.2) is 0 Å². The van der Waals surface area contributed by atoms with Crippen molar-refractivity contribution in [3.8, 4) is 5.75 Å². The molecule has 1 aliphatic rings. The minimum Gasteiger partial charge on any atom is -0.497 e. The molecule has 1 aromatic rings. The lowest BCUT2D eigenvalue weighted by Crippen LogP contribution is -2.47. The number of methoxy groups -OCH3 is 1. The Morgan fingerprint density at radius 3 is 2.67 bits per heavy atom. The van der Waals surface area contributed by atoms with Crippen LogP contribution in [0.25, 0.3) is 0 Å². The third-order valence-corrected chi connectivity index (χ3v) is 3.39. The Kier molecular flexibility index (Phi) is 4.20.